The van der Waals surface area contributed by atoms with Gasteiger partial charge in [0.1, 0.15) is 23.9 Å². The van der Waals surface area contributed by atoms with E-state index in [1.54, 1.807) is 32.4 Å². The molecule has 6 nitrogen and oxygen atoms in total. The molecule has 2 aromatic rings. The average Bonchev–Trinajstić information content (AvgIpc) is 2.64. The topological polar surface area (TPSA) is 68.8 Å². The van der Waals surface area contributed by atoms with E-state index in [-0.39, 0.29) is 11.9 Å². The van der Waals surface area contributed by atoms with E-state index in [1.165, 1.54) is 11.1 Å². The van der Waals surface area contributed by atoms with Crippen LogP contribution in [0.4, 0.5) is 5.69 Å². The Hall–Kier alpha value is -2.73. The van der Waals surface area contributed by atoms with Crippen LogP contribution in [0.15, 0.2) is 36.4 Å². The van der Waals surface area contributed by atoms with Gasteiger partial charge in [-0.25, -0.2) is 0 Å². The van der Waals surface area contributed by atoms with Crippen molar-refractivity contribution in [3.63, 3.8) is 0 Å². The Labute approximate surface area is 167 Å². The number of aryl methyl sites for hydroxylation is 2. The highest BCUT2D eigenvalue weighted by molar-refractivity contribution is 5.92. The number of amides is 1. The summed E-state index contributed by atoms with van der Waals surface area (Å²) in [6.45, 7) is 7.28. The van der Waals surface area contributed by atoms with Crippen LogP contribution < -0.4 is 24.8 Å². The molecule has 0 aromatic heterocycles. The average molecular weight is 386 g/mol. The molecule has 0 saturated heterocycles. The van der Waals surface area contributed by atoms with Crippen molar-refractivity contribution in [3.05, 3.63) is 47.5 Å². The van der Waals surface area contributed by atoms with Crippen molar-refractivity contribution >= 4 is 11.6 Å². The van der Waals surface area contributed by atoms with E-state index >= 15 is 0 Å². The van der Waals surface area contributed by atoms with Crippen LogP contribution in [0.3, 0.4) is 0 Å². The number of nitrogens with one attached hydrogen (secondary N) is 2. The first kappa shape index (κ1) is 21.6. The van der Waals surface area contributed by atoms with Crippen molar-refractivity contribution in [2.45, 2.75) is 33.2 Å². The van der Waals surface area contributed by atoms with E-state index in [1.807, 2.05) is 19.1 Å². The summed E-state index contributed by atoms with van der Waals surface area (Å²) < 4.78 is 16.3. The number of hydrogen-bond acceptors (Lipinski definition) is 5. The summed E-state index contributed by atoms with van der Waals surface area (Å²) in [6.07, 6.45) is 0.346. The smallest absolute Gasteiger partial charge is 0.226 e. The zero-order valence-electron chi connectivity index (χ0n) is 17.3. The molecule has 28 heavy (non-hydrogen) atoms. The van der Waals surface area contributed by atoms with Crippen molar-refractivity contribution in [2.24, 2.45) is 0 Å². The van der Waals surface area contributed by atoms with Gasteiger partial charge in [-0.15, -0.1) is 0 Å². The van der Waals surface area contributed by atoms with Gasteiger partial charge in [-0.1, -0.05) is 6.07 Å². The molecular weight excluding hydrogens is 356 g/mol. The number of hydrogen-bond donors (Lipinski definition) is 2. The summed E-state index contributed by atoms with van der Waals surface area (Å²) in [4.78, 5) is 12.3. The van der Waals surface area contributed by atoms with Gasteiger partial charge in [0.05, 0.1) is 19.9 Å². The van der Waals surface area contributed by atoms with Gasteiger partial charge in [-0.2, -0.15) is 0 Å². The van der Waals surface area contributed by atoms with E-state index in [2.05, 4.69) is 30.5 Å². The number of methoxy groups -OCH3 is 2. The molecule has 1 unspecified atom stereocenters. The fourth-order valence-electron chi connectivity index (χ4n) is 2.94. The second-order valence-electron chi connectivity index (χ2n) is 6.85. The van der Waals surface area contributed by atoms with E-state index < -0.39 is 0 Å². The van der Waals surface area contributed by atoms with Crippen LogP contribution in [-0.4, -0.2) is 39.3 Å². The molecule has 1 atom stereocenters. The first-order valence-corrected chi connectivity index (χ1v) is 9.37. The van der Waals surface area contributed by atoms with Crippen LogP contribution in [0.2, 0.25) is 0 Å². The van der Waals surface area contributed by atoms with Gasteiger partial charge in [0.2, 0.25) is 5.91 Å². The summed E-state index contributed by atoms with van der Waals surface area (Å²) in [5, 5.41) is 6.19. The lowest BCUT2D eigenvalue weighted by molar-refractivity contribution is -0.116. The first-order chi connectivity index (χ1) is 13.4. The highest BCUT2D eigenvalue weighted by Crippen LogP contribution is 2.29. The summed E-state index contributed by atoms with van der Waals surface area (Å²) >= 11 is 0. The van der Waals surface area contributed by atoms with Gasteiger partial charge in [0, 0.05) is 25.1 Å². The van der Waals surface area contributed by atoms with Crippen molar-refractivity contribution < 1.29 is 19.0 Å². The normalized spacial score (nSPS) is 11.6. The fourth-order valence-corrected chi connectivity index (χ4v) is 2.94. The fraction of sp³-hybridized carbons (Fsp3) is 0.409. The van der Waals surface area contributed by atoms with E-state index in [0.717, 1.165) is 5.75 Å². The number of carbonyl (C=O) groups is 1. The molecule has 0 aliphatic carbocycles. The van der Waals surface area contributed by atoms with Crippen molar-refractivity contribution in [1.82, 2.24) is 5.32 Å². The highest BCUT2D eigenvalue weighted by atomic mass is 16.5. The molecule has 0 heterocycles. The van der Waals surface area contributed by atoms with Crippen LogP contribution in [0.5, 0.6) is 17.2 Å². The number of benzene rings is 2. The predicted octanol–water partition coefficient (Wildman–Crippen LogP) is 3.71. The SMILES string of the molecule is COc1ccc(NC(=O)CC(C)NCCOc2cc(C)cc(C)c2)c(OC)c1. The molecule has 0 fully saturated rings. The van der Waals surface area contributed by atoms with Gasteiger partial charge in [0.15, 0.2) is 0 Å². The Bertz CT molecular complexity index is 772. The third-order valence-corrected chi connectivity index (χ3v) is 4.23. The van der Waals surface area contributed by atoms with Crippen LogP contribution in [0, 0.1) is 13.8 Å². The summed E-state index contributed by atoms with van der Waals surface area (Å²) in [7, 11) is 3.15. The second-order valence-corrected chi connectivity index (χ2v) is 6.85. The van der Waals surface area contributed by atoms with Gasteiger partial charge in [-0.3, -0.25) is 4.79 Å². The second kappa shape index (κ2) is 10.6. The minimum absolute atomic E-state index is 0.0205. The number of carbonyl (C=O) groups excluding carboxylic acids is 1. The van der Waals surface area contributed by atoms with Crippen LogP contribution in [0.25, 0.3) is 0 Å². The Morgan fingerprint density at radius 2 is 1.71 bits per heavy atom. The molecular formula is C22H30N2O4. The van der Waals surface area contributed by atoms with E-state index in [4.69, 9.17) is 14.2 Å². The van der Waals surface area contributed by atoms with Crippen LogP contribution in [-0.2, 0) is 4.79 Å². The lowest BCUT2D eigenvalue weighted by Gasteiger charge is -2.16. The summed E-state index contributed by atoms with van der Waals surface area (Å²) in [5.41, 5.74) is 2.99. The minimum Gasteiger partial charge on any atom is -0.497 e. The molecule has 0 saturated carbocycles. The van der Waals surface area contributed by atoms with Gasteiger partial charge in [0.25, 0.3) is 0 Å². The van der Waals surface area contributed by atoms with Gasteiger partial charge < -0.3 is 24.8 Å². The van der Waals surface area contributed by atoms with Crippen molar-refractivity contribution in [1.29, 1.82) is 0 Å². The molecule has 2 N–H and O–H groups in total. The van der Waals surface area contributed by atoms with E-state index in [9.17, 15) is 4.79 Å². The van der Waals surface area contributed by atoms with Crippen molar-refractivity contribution in [3.8, 4) is 17.2 Å². The van der Waals surface area contributed by atoms with Gasteiger partial charge >= 0.3 is 0 Å². The quantitative estimate of drug-likeness (QED) is 0.609. The molecule has 0 bridgehead atoms. The summed E-state index contributed by atoms with van der Waals surface area (Å²) in [5.74, 6) is 2.03. The molecule has 152 valence electrons. The van der Waals surface area contributed by atoms with Crippen LogP contribution in [0.1, 0.15) is 24.5 Å². The van der Waals surface area contributed by atoms with Gasteiger partial charge in [-0.05, 0) is 56.2 Å². The maximum Gasteiger partial charge on any atom is 0.226 e. The lowest BCUT2D eigenvalue weighted by Crippen LogP contribution is -2.33. The maximum absolute atomic E-state index is 12.3. The molecule has 0 aliphatic heterocycles. The lowest BCUT2D eigenvalue weighted by atomic mass is 10.1. The predicted molar refractivity (Wildman–Crippen MR) is 112 cm³/mol. The molecule has 1 amide bonds. The zero-order chi connectivity index (χ0) is 20.5. The minimum atomic E-state index is -0.0845. The highest BCUT2D eigenvalue weighted by Gasteiger charge is 2.12. The Balaban J connectivity index is 1.75. The summed E-state index contributed by atoms with van der Waals surface area (Å²) in [6, 6.07) is 11.5. The molecule has 0 radical (unpaired) electrons. The van der Waals surface area contributed by atoms with E-state index in [0.29, 0.717) is 36.8 Å². The van der Waals surface area contributed by atoms with Crippen LogP contribution >= 0.6 is 0 Å². The molecule has 2 rings (SSSR count). The van der Waals surface area contributed by atoms with Crippen molar-refractivity contribution in [2.75, 3.05) is 32.7 Å². The standard InChI is InChI=1S/C22H30N2O4/c1-15-10-16(2)12-19(11-15)28-9-8-23-17(3)13-22(25)24-20-7-6-18(26-4)14-21(20)27-5/h6-7,10-12,14,17,23H,8-9,13H2,1-5H3,(H,24,25). The monoisotopic (exact) mass is 386 g/mol. The zero-order valence-corrected chi connectivity index (χ0v) is 17.3. The third-order valence-electron chi connectivity index (χ3n) is 4.23. The largest absolute Gasteiger partial charge is 0.497 e. The number of rotatable bonds is 10. The molecule has 2 aromatic carbocycles. The third kappa shape index (κ3) is 6.78. The number of ether oxygens (including phenoxy) is 3. The Morgan fingerprint density at radius 1 is 1.00 bits per heavy atom. The maximum atomic E-state index is 12.3. The molecule has 0 aliphatic rings. The first-order valence-electron chi connectivity index (χ1n) is 9.37. The Kier molecular flexibility index (Phi) is 8.14. The molecule has 6 heteroatoms. The molecule has 0 spiro atoms. The Morgan fingerprint density at radius 3 is 2.36 bits per heavy atom. The number of anilines is 1.